The van der Waals surface area contributed by atoms with Crippen molar-refractivity contribution in [3.63, 3.8) is 0 Å². The van der Waals surface area contributed by atoms with E-state index in [0.29, 0.717) is 31.7 Å². The standard InChI is InChI=1S/C17H23N3O3/c18-14-5-4-13(10-14)17(23)20-8-6-19(7-9-20)16(22)12-2-1-3-15(21)11-12/h1-3,11,13-14,21H,4-10,18H2. The van der Waals surface area contributed by atoms with E-state index >= 15 is 0 Å². The second kappa shape index (κ2) is 6.58. The van der Waals surface area contributed by atoms with Crippen LogP contribution in [0.25, 0.3) is 0 Å². The average molecular weight is 317 g/mol. The molecule has 0 bridgehead atoms. The maximum absolute atomic E-state index is 12.5. The largest absolute Gasteiger partial charge is 0.508 e. The lowest BCUT2D eigenvalue weighted by molar-refractivity contribution is -0.136. The van der Waals surface area contributed by atoms with E-state index in [4.69, 9.17) is 5.73 Å². The fourth-order valence-electron chi connectivity index (χ4n) is 3.45. The van der Waals surface area contributed by atoms with Crippen LogP contribution in [0.3, 0.4) is 0 Å². The molecule has 124 valence electrons. The van der Waals surface area contributed by atoms with Gasteiger partial charge in [-0.3, -0.25) is 9.59 Å². The number of nitrogens with two attached hydrogens (primary N) is 1. The van der Waals surface area contributed by atoms with E-state index in [2.05, 4.69) is 0 Å². The lowest BCUT2D eigenvalue weighted by Crippen LogP contribution is -2.51. The number of rotatable bonds is 2. The molecule has 2 fully saturated rings. The first-order valence-corrected chi connectivity index (χ1v) is 8.17. The average Bonchev–Trinajstić information content (AvgIpc) is 3.00. The Morgan fingerprint density at radius 3 is 2.39 bits per heavy atom. The summed E-state index contributed by atoms with van der Waals surface area (Å²) in [5.74, 6) is 0.221. The van der Waals surface area contributed by atoms with Crippen molar-refractivity contribution in [2.24, 2.45) is 11.7 Å². The molecular weight excluding hydrogens is 294 g/mol. The number of phenolic OH excluding ortho intramolecular Hbond substituents is 1. The van der Waals surface area contributed by atoms with Crippen molar-refractivity contribution in [1.82, 2.24) is 9.80 Å². The molecule has 1 saturated heterocycles. The summed E-state index contributed by atoms with van der Waals surface area (Å²) in [4.78, 5) is 28.5. The normalized spacial score (nSPS) is 24.7. The predicted molar refractivity (Wildman–Crippen MR) is 85.9 cm³/mol. The van der Waals surface area contributed by atoms with Crippen LogP contribution in [0.2, 0.25) is 0 Å². The SMILES string of the molecule is NC1CCC(C(=O)N2CCN(C(=O)c3cccc(O)c3)CC2)C1. The van der Waals surface area contributed by atoms with Crippen LogP contribution in [0.1, 0.15) is 29.6 Å². The first kappa shape index (κ1) is 15.8. The van der Waals surface area contributed by atoms with Gasteiger partial charge < -0.3 is 20.6 Å². The van der Waals surface area contributed by atoms with Crippen molar-refractivity contribution in [2.75, 3.05) is 26.2 Å². The summed E-state index contributed by atoms with van der Waals surface area (Å²) in [5.41, 5.74) is 6.37. The van der Waals surface area contributed by atoms with E-state index in [-0.39, 0.29) is 29.5 Å². The Morgan fingerprint density at radius 1 is 1.09 bits per heavy atom. The zero-order valence-electron chi connectivity index (χ0n) is 13.1. The van der Waals surface area contributed by atoms with Gasteiger partial charge in [-0.1, -0.05) is 6.07 Å². The topological polar surface area (TPSA) is 86.9 Å². The maximum atomic E-state index is 12.5. The summed E-state index contributed by atoms with van der Waals surface area (Å²) in [5, 5.41) is 9.48. The fraction of sp³-hybridized carbons (Fsp3) is 0.529. The van der Waals surface area contributed by atoms with Crippen LogP contribution in [-0.4, -0.2) is 58.9 Å². The Bertz CT molecular complexity index is 597. The first-order valence-electron chi connectivity index (χ1n) is 8.17. The first-order chi connectivity index (χ1) is 11.0. The van der Waals surface area contributed by atoms with E-state index in [1.807, 2.05) is 4.90 Å². The molecule has 6 heteroatoms. The third-order valence-corrected chi connectivity index (χ3v) is 4.79. The molecule has 3 N–H and O–H groups in total. The summed E-state index contributed by atoms with van der Waals surface area (Å²) in [6.07, 6.45) is 2.58. The van der Waals surface area contributed by atoms with Gasteiger partial charge in [0.15, 0.2) is 0 Å². The van der Waals surface area contributed by atoms with E-state index in [1.54, 1.807) is 23.1 Å². The zero-order chi connectivity index (χ0) is 16.4. The molecule has 1 saturated carbocycles. The monoisotopic (exact) mass is 317 g/mol. The van der Waals surface area contributed by atoms with Crippen LogP contribution in [0.5, 0.6) is 5.75 Å². The van der Waals surface area contributed by atoms with Crippen molar-refractivity contribution < 1.29 is 14.7 Å². The lowest BCUT2D eigenvalue weighted by atomic mass is 10.1. The molecule has 0 radical (unpaired) electrons. The number of nitrogens with zero attached hydrogens (tertiary/aromatic N) is 2. The predicted octanol–water partition coefficient (Wildman–Crippen LogP) is 0.804. The minimum atomic E-state index is -0.101. The van der Waals surface area contributed by atoms with Crippen molar-refractivity contribution >= 4 is 11.8 Å². The highest BCUT2D eigenvalue weighted by Crippen LogP contribution is 2.26. The molecular formula is C17H23N3O3. The van der Waals surface area contributed by atoms with Gasteiger partial charge in [0.25, 0.3) is 5.91 Å². The Hall–Kier alpha value is -2.08. The minimum absolute atomic E-state index is 0.0540. The molecule has 23 heavy (non-hydrogen) atoms. The van der Waals surface area contributed by atoms with Crippen LogP contribution in [-0.2, 0) is 4.79 Å². The number of piperazine rings is 1. The van der Waals surface area contributed by atoms with Crippen molar-refractivity contribution in [1.29, 1.82) is 0 Å². The molecule has 0 spiro atoms. The quantitative estimate of drug-likeness (QED) is 0.845. The molecule has 2 aliphatic rings. The smallest absolute Gasteiger partial charge is 0.254 e. The number of phenols is 1. The van der Waals surface area contributed by atoms with Gasteiger partial charge in [-0.15, -0.1) is 0 Å². The molecule has 2 amide bonds. The fourth-order valence-corrected chi connectivity index (χ4v) is 3.45. The van der Waals surface area contributed by atoms with Crippen LogP contribution in [0, 0.1) is 5.92 Å². The van der Waals surface area contributed by atoms with Gasteiger partial charge in [-0.2, -0.15) is 0 Å². The van der Waals surface area contributed by atoms with Gasteiger partial charge in [0, 0.05) is 43.7 Å². The maximum Gasteiger partial charge on any atom is 0.254 e. The van der Waals surface area contributed by atoms with E-state index in [9.17, 15) is 14.7 Å². The number of hydrogen-bond donors (Lipinski definition) is 2. The van der Waals surface area contributed by atoms with Crippen molar-refractivity contribution in [2.45, 2.75) is 25.3 Å². The Morgan fingerprint density at radius 2 is 1.78 bits per heavy atom. The molecule has 1 aliphatic heterocycles. The van der Waals surface area contributed by atoms with Gasteiger partial charge in [0.05, 0.1) is 0 Å². The summed E-state index contributed by atoms with van der Waals surface area (Å²) >= 11 is 0. The minimum Gasteiger partial charge on any atom is -0.508 e. The molecule has 2 unspecified atom stereocenters. The molecule has 1 aliphatic carbocycles. The number of aromatic hydroxyl groups is 1. The number of benzene rings is 1. The van der Waals surface area contributed by atoms with Crippen molar-refractivity contribution in [3.8, 4) is 5.75 Å². The Kier molecular flexibility index (Phi) is 4.52. The number of carbonyl (C=O) groups excluding carboxylic acids is 2. The third-order valence-electron chi connectivity index (χ3n) is 4.79. The van der Waals surface area contributed by atoms with Gasteiger partial charge in [0.1, 0.15) is 5.75 Å². The molecule has 1 aromatic carbocycles. The highest BCUT2D eigenvalue weighted by molar-refractivity contribution is 5.94. The molecule has 3 rings (SSSR count). The summed E-state index contributed by atoms with van der Waals surface area (Å²) in [6, 6.07) is 6.52. The molecule has 1 aromatic rings. The highest BCUT2D eigenvalue weighted by Gasteiger charge is 2.33. The van der Waals surface area contributed by atoms with Crippen LogP contribution in [0.4, 0.5) is 0 Å². The van der Waals surface area contributed by atoms with Crippen LogP contribution in [0.15, 0.2) is 24.3 Å². The summed E-state index contributed by atoms with van der Waals surface area (Å²) < 4.78 is 0. The molecule has 2 atom stereocenters. The second-order valence-electron chi connectivity index (χ2n) is 6.44. The Labute approximate surface area is 135 Å². The van der Waals surface area contributed by atoms with Gasteiger partial charge >= 0.3 is 0 Å². The molecule has 6 nitrogen and oxygen atoms in total. The van der Waals surface area contributed by atoms with E-state index in [0.717, 1.165) is 19.3 Å². The van der Waals surface area contributed by atoms with Gasteiger partial charge in [0.2, 0.25) is 5.91 Å². The Balaban J connectivity index is 1.56. The molecule has 0 aromatic heterocycles. The zero-order valence-corrected chi connectivity index (χ0v) is 13.1. The third kappa shape index (κ3) is 3.47. The number of hydrogen-bond acceptors (Lipinski definition) is 4. The number of amides is 2. The second-order valence-corrected chi connectivity index (χ2v) is 6.44. The van der Waals surface area contributed by atoms with Crippen LogP contribution < -0.4 is 5.73 Å². The van der Waals surface area contributed by atoms with Gasteiger partial charge in [-0.05, 0) is 37.5 Å². The van der Waals surface area contributed by atoms with E-state index in [1.165, 1.54) is 6.07 Å². The molecule has 1 heterocycles. The van der Waals surface area contributed by atoms with Crippen molar-refractivity contribution in [3.05, 3.63) is 29.8 Å². The van der Waals surface area contributed by atoms with E-state index < -0.39 is 0 Å². The highest BCUT2D eigenvalue weighted by atomic mass is 16.3. The van der Waals surface area contributed by atoms with Crippen LogP contribution >= 0.6 is 0 Å². The summed E-state index contributed by atoms with van der Waals surface area (Å²) in [7, 11) is 0. The summed E-state index contributed by atoms with van der Waals surface area (Å²) in [6.45, 7) is 2.18. The number of carbonyl (C=O) groups is 2. The lowest BCUT2D eigenvalue weighted by Gasteiger charge is -2.36. The van der Waals surface area contributed by atoms with Gasteiger partial charge in [-0.25, -0.2) is 0 Å².